The lowest BCUT2D eigenvalue weighted by atomic mass is 9.94. The number of nitrogens with zero attached hydrogens (tertiary/aromatic N) is 1. The number of anilines is 1. The van der Waals surface area contributed by atoms with Crippen LogP contribution in [0.25, 0.3) is 0 Å². The summed E-state index contributed by atoms with van der Waals surface area (Å²) in [7, 11) is 4.24. The molecule has 0 aromatic heterocycles. The van der Waals surface area contributed by atoms with Gasteiger partial charge in [-0.3, -0.25) is 4.90 Å². The first kappa shape index (κ1) is 15.3. The topological polar surface area (TPSA) is 15.3 Å². The van der Waals surface area contributed by atoms with E-state index in [2.05, 4.69) is 61.3 Å². The fraction of sp³-hybridized carbons (Fsp3) is 0.600. The van der Waals surface area contributed by atoms with Gasteiger partial charge in [0, 0.05) is 28.6 Å². The normalized spacial score (nSPS) is 16.9. The summed E-state index contributed by atoms with van der Waals surface area (Å²) in [5, 5.41) is 3.30. The minimum Gasteiger partial charge on any atom is -0.387 e. The second kappa shape index (κ2) is 7.09. The molecule has 1 saturated carbocycles. The zero-order valence-corrected chi connectivity index (χ0v) is 14.8. The van der Waals surface area contributed by atoms with Crippen LogP contribution in [0.1, 0.15) is 37.7 Å². The van der Waals surface area contributed by atoms with Gasteiger partial charge in [-0.15, -0.1) is 0 Å². The Hall–Kier alpha value is -0.0600. The maximum absolute atomic E-state index is 3.63. The number of nitrogens with one attached hydrogen (secondary N) is 1. The lowest BCUT2D eigenvalue weighted by Gasteiger charge is -2.31. The summed E-state index contributed by atoms with van der Waals surface area (Å²) in [5.74, 6) is 0. The van der Waals surface area contributed by atoms with Crippen molar-refractivity contribution in [3.8, 4) is 0 Å². The summed E-state index contributed by atoms with van der Waals surface area (Å²) in [6.45, 7) is 0.999. The number of hydrogen-bond acceptors (Lipinski definition) is 2. The average Bonchev–Trinajstić information content (AvgIpc) is 2.39. The molecule has 0 atom stereocenters. The smallest absolute Gasteiger partial charge is 0.0528 e. The van der Waals surface area contributed by atoms with Crippen molar-refractivity contribution in [1.82, 2.24) is 4.90 Å². The van der Waals surface area contributed by atoms with Gasteiger partial charge < -0.3 is 5.32 Å². The minimum absolute atomic E-state index is 0.746. The second-order valence-corrected chi connectivity index (χ2v) is 7.15. The van der Waals surface area contributed by atoms with E-state index in [1.165, 1.54) is 43.4 Å². The molecule has 2 rings (SSSR count). The maximum Gasteiger partial charge on any atom is 0.0528 e. The highest BCUT2D eigenvalue weighted by Crippen LogP contribution is 2.32. The van der Waals surface area contributed by atoms with E-state index in [0.717, 1.165) is 21.5 Å². The minimum atomic E-state index is 0.746. The first-order valence-corrected chi connectivity index (χ1v) is 8.56. The lowest BCUT2D eigenvalue weighted by molar-refractivity contribution is 0.185. The van der Waals surface area contributed by atoms with Crippen molar-refractivity contribution < 1.29 is 0 Å². The van der Waals surface area contributed by atoms with Gasteiger partial charge in [-0.2, -0.15) is 0 Å². The van der Waals surface area contributed by atoms with Gasteiger partial charge in [0.05, 0.1) is 5.69 Å². The van der Waals surface area contributed by atoms with E-state index >= 15 is 0 Å². The van der Waals surface area contributed by atoms with Crippen molar-refractivity contribution in [1.29, 1.82) is 0 Å². The SMILES string of the molecule is CNc1c(Br)cc(Br)cc1CN(C)C1CCCCC1. The van der Waals surface area contributed by atoms with Crippen molar-refractivity contribution in [2.24, 2.45) is 0 Å². The average molecular weight is 390 g/mol. The number of hydrogen-bond donors (Lipinski definition) is 1. The van der Waals surface area contributed by atoms with Gasteiger partial charge >= 0.3 is 0 Å². The third-order valence-electron chi connectivity index (χ3n) is 4.00. The molecular formula is C15H22Br2N2. The summed E-state index contributed by atoms with van der Waals surface area (Å²) in [4.78, 5) is 2.51. The molecule has 2 nitrogen and oxygen atoms in total. The van der Waals surface area contributed by atoms with Crippen LogP contribution >= 0.6 is 31.9 Å². The molecule has 0 bridgehead atoms. The summed E-state index contributed by atoms with van der Waals surface area (Å²) >= 11 is 7.22. The molecular weight excluding hydrogens is 368 g/mol. The fourth-order valence-corrected chi connectivity index (χ4v) is 4.46. The predicted molar refractivity (Wildman–Crippen MR) is 89.7 cm³/mol. The lowest BCUT2D eigenvalue weighted by Crippen LogP contribution is -2.33. The molecule has 0 saturated heterocycles. The third-order valence-corrected chi connectivity index (χ3v) is 5.09. The van der Waals surface area contributed by atoms with Crippen LogP contribution < -0.4 is 5.32 Å². The van der Waals surface area contributed by atoms with E-state index in [9.17, 15) is 0 Å². The largest absolute Gasteiger partial charge is 0.387 e. The number of benzene rings is 1. The Balaban J connectivity index is 2.13. The van der Waals surface area contributed by atoms with Crippen LogP contribution in [0, 0.1) is 0 Å². The predicted octanol–water partition coefficient (Wildman–Crippen LogP) is 5.02. The van der Waals surface area contributed by atoms with E-state index in [-0.39, 0.29) is 0 Å². The van der Waals surface area contributed by atoms with Gasteiger partial charge in [0.15, 0.2) is 0 Å². The fourth-order valence-electron chi connectivity index (χ4n) is 2.95. The summed E-state index contributed by atoms with van der Waals surface area (Å²) in [6.07, 6.45) is 6.88. The highest BCUT2D eigenvalue weighted by molar-refractivity contribution is 9.11. The van der Waals surface area contributed by atoms with Crippen molar-refractivity contribution >= 4 is 37.5 Å². The van der Waals surface area contributed by atoms with Gasteiger partial charge in [-0.25, -0.2) is 0 Å². The Labute approximate surface area is 133 Å². The molecule has 1 aliphatic rings. The van der Waals surface area contributed by atoms with Crippen LogP contribution in [0.5, 0.6) is 0 Å². The molecule has 0 spiro atoms. The molecule has 0 amide bonds. The van der Waals surface area contributed by atoms with E-state index in [0.29, 0.717) is 0 Å². The van der Waals surface area contributed by atoms with Crippen molar-refractivity contribution in [3.63, 3.8) is 0 Å². The maximum atomic E-state index is 3.63. The van der Waals surface area contributed by atoms with Crippen LogP contribution in [0.3, 0.4) is 0 Å². The molecule has 1 N–H and O–H groups in total. The van der Waals surface area contributed by atoms with E-state index in [1.807, 2.05) is 7.05 Å². The number of rotatable bonds is 4. The zero-order chi connectivity index (χ0) is 13.8. The highest BCUT2D eigenvalue weighted by Gasteiger charge is 2.19. The molecule has 1 aromatic rings. The summed E-state index contributed by atoms with van der Waals surface area (Å²) < 4.78 is 2.25. The van der Waals surface area contributed by atoms with E-state index < -0.39 is 0 Å². The molecule has 0 radical (unpaired) electrons. The van der Waals surface area contributed by atoms with Crippen LogP contribution in [0.2, 0.25) is 0 Å². The Kier molecular flexibility index (Phi) is 5.72. The Morgan fingerprint density at radius 3 is 2.53 bits per heavy atom. The standard InChI is InChI=1S/C15H22Br2N2/c1-18-15-11(8-12(16)9-14(15)17)10-19(2)13-6-4-3-5-7-13/h8-9,13,18H,3-7,10H2,1-2H3. The monoisotopic (exact) mass is 388 g/mol. The molecule has 1 fully saturated rings. The van der Waals surface area contributed by atoms with E-state index in [4.69, 9.17) is 0 Å². The van der Waals surface area contributed by atoms with Crippen molar-refractivity contribution in [3.05, 3.63) is 26.6 Å². The molecule has 0 heterocycles. The molecule has 106 valence electrons. The van der Waals surface area contributed by atoms with Gasteiger partial charge in [-0.05, 0) is 53.5 Å². The Morgan fingerprint density at radius 1 is 1.21 bits per heavy atom. The Morgan fingerprint density at radius 2 is 1.89 bits per heavy atom. The molecule has 4 heteroatoms. The molecule has 1 aliphatic carbocycles. The first-order valence-electron chi connectivity index (χ1n) is 6.97. The summed E-state index contributed by atoms with van der Waals surface area (Å²) in [6, 6.07) is 5.06. The quantitative estimate of drug-likeness (QED) is 0.777. The molecule has 0 unspecified atom stereocenters. The summed E-state index contributed by atoms with van der Waals surface area (Å²) in [5.41, 5.74) is 2.54. The van der Waals surface area contributed by atoms with Crippen molar-refractivity contribution in [2.75, 3.05) is 19.4 Å². The zero-order valence-electron chi connectivity index (χ0n) is 11.7. The molecule has 1 aromatic carbocycles. The first-order chi connectivity index (χ1) is 9.11. The second-order valence-electron chi connectivity index (χ2n) is 5.38. The van der Waals surface area contributed by atoms with Crippen LogP contribution in [0.4, 0.5) is 5.69 Å². The van der Waals surface area contributed by atoms with Gasteiger partial charge in [0.25, 0.3) is 0 Å². The highest BCUT2D eigenvalue weighted by atomic mass is 79.9. The van der Waals surface area contributed by atoms with Gasteiger partial charge in [-0.1, -0.05) is 35.2 Å². The number of halogens is 2. The Bertz CT molecular complexity index is 428. The van der Waals surface area contributed by atoms with Crippen LogP contribution in [0.15, 0.2) is 21.1 Å². The molecule has 0 aliphatic heterocycles. The van der Waals surface area contributed by atoms with Crippen molar-refractivity contribution in [2.45, 2.75) is 44.7 Å². The van der Waals surface area contributed by atoms with E-state index in [1.54, 1.807) is 0 Å². The van der Waals surface area contributed by atoms with Gasteiger partial charge in [0.2, 0.25) is 0 Å². The third kappa shape index (κ3) is 3.96. The van der Waals surface area contributed by atoms with Crippen LogP contribution in [-0.2, 0) is 6.54 Å². The van der Waals surface area contributed by atoms with Crippen LogP contribution in [-0.4, -0.2) is 25.0 Å². The molecule has 19 heavy (non-hydrogen) atoms. The van der Waals surface area contributed by atoms with Gasteiger partial charge in [0.1, 0.15) is 0 Å².